The summed E-state index contributed by atoms with van der Waals surface area (Å²) in [6.07, 6.45) is 0.767. The van der Waals surface area contributed by atoms with Crippen LogP contribution in [0.1, 0.15) is 40.3 Å². The highest BCUT2D eigenvalue weighted by molar-refractivity contribution is 7.89. The van der Waals surface area contributed by atoms with Crippen LogP contribution in [0, 0.1) is 27.7 Å². The maximum Gasteiger partial charge on any atom is 0.244 e. The van der Waals surface area contributed by atoms with Gasteiger partial charge in [0.1, 0.15) is 0 Å². The van der Waals surface area contributed by atoms with Gasteiger partial charge < -0.3 is 4.90 Å². The van der Waals surface area contributed by atoms with Crippen molar-refractivity contribution >= 4 is 21.6 Å². The molecule has 0 saturated carbocycles. The second kappa shape index (κ2) is 9.35. The number of aryl methyl sites for hydroxylation is 2. The average molecular weight is 477 g/mol. The number of amides is 1. The Balaban J connectivity index is 1.76. The summed E-state index contributed by atoms with van der Waals surface area (Å²) in [6, 6.07) is 19.3. The van der Waals surface area contributed by atoms with Gasteiger partial charge in [0, 0.05) is 18.3 Å². The van der Waals surface area contributed by atoms with Gasteiger partial charge in [-0.05, 0) is 80.5 Å². The van der Waals surface area contributed by atoms with E-state index in [0.29, 0.717) is 4.90 Å². The van der Waals surface area contributed by atoms with Gasteiger partial charge in [-0.25, -0.2) is 8.42 Å². The number of rotatable bonds is 6. The van der Waals surface area contributed by atoms with Crippen LogP contribution in [0.3, 0.4) is 0 Å². The quantitative estimate of drug-likeness (QED) is 0.498. The molecule has 0 saturated heterocycles. The van der Waals surface area contributed by atoms with Crippen LogP contribution in [0.5, 0.6) is 0 Å². The van der Waals surface area contributed by atoms with Crippen molar-refractivity contribution in [3.05, 3.63) is 94.0 Å². The second-order valence-corrected chi connectivity index (χ2v) is 11.2. The van der Waals surface area contributed by atoms with Gasteiger partial charge in [0.25, 0.3) is 0 Å². The van der Waals surface area contributed by atoms with Gasteiger partial charge in [-0.2, -0.15) is 4.31 Å². The van der Waals surface area contributed by atoms with Crippen molar-refractivity contribution in [1.29, 1.82) is 0 Å². The molecule has 0 fully saturated rings. The number of nitrogens with zero attached hydrogens (tertiary/aromatic N) is 2. The van der Waals surface area contributed by atoms with Crippen molar-refractivity contribution < 1.29 is 13.2 Å². The highest BCUT2D eigenvalue weighted by Gasteiger charge is 2.36. The van der Waals surface area contributed by atoms with E-state index in [2.05, 4.69) is 0 Å². The molecule has 0 aromatic heterocycles. The average Bonchev–Trinajstić information content (AvgIpc) is 3.13. The Morgan fingerprint density at radius 3 is 2.18 bits per heavy atom. The minimum Gasteiger partial charge on any atom is -0.308 e. The number of anilines is 1. The van der Waals surface area contributed by atoms with Gasteiger partial charge in [0.15, 0.2) is 0 Å². The summed E-state index contributed by atoms with van der Waals surface area (Å²) < 4.78 is 29.6. The third-order valence-corrected chi connectivity index (χ3v) is 8.95. The number of fused-ring (bicyclic) bond motifs is 1. The van der Waals surface area contributed by atoms with Gasteiger partial charge in [0.05, 0.1) is 11.4 Å². The maximum absolute atomic E-state index is 14.1. The Morgan fingerprint density at radius 1 is 0.941 bits per heavy atom. The Kier molecular flexibility index (Phi) is 6.65. The molecule has 4 rings (SSSR count). The highest BCUT2D eigenvalue weighted by Crippen LogP contribution is 2.33. The summed E-state index contributed by atoms with van der Waals surface area (Å²) in [5, 5.41) is 0. The van der Waals surface area contributed by atoms with Crippen LogP contribution in [0.4, 0.5) is 5.69 Å². The van der Waals surface area contributed by atoms with Gasteiger partial charge in [-0.15, -0.1) is 0 Å². The van der Waals surface area contributed by atoms with Crippen LogP contribution in [0.2, 0.25) is 0 Å². The molecule has 0 unspecified atom stereocenters. The van der Waals surface area contributed by atoms with Crippen LogP contribution in [-0.2, 0) is 27.8 Å². The number of para-hydroxylation sites is 1. The van der Waals surface area contributed by atoms with Gasteiger partial charge in [-0.3, -0.25) is 4.79 Å². The highest BCUT2D eigenvalue weighted by atomic mass is 32.2. The summed E-state index contributed by atoms with van der Waals surface area (Å²) >= 11 is 0. The molecular formula is C28H32N2O3S. The Morgan fingerprint density at radius 2 is 1.53 bits per heavy atom. The lowest BCUT2D eigenvalue weighted by molar-refractivity contribution is -0.119. The van der Waals surface area contributed by atoms with Gasteiger partial charge in [-0.1, -0.05) is 54.6 Å². The number of sulfonamides is 1. The van der Waals surface area contributed by atoms with Crippen LogP contribution in [0.15, 0.2) is 65.6 Å². The first-order valence-corrected chi connectivity index (χ1v) is 13.1. The first kappa shape index (κ1) is 24.2. The standard InChI is InChI=1S/C28H32N2O3S/c1-19-15-20(2)23(5)28(22(19)4)34(32,33)29(17-24-11-7-6-8-12-24)18-27(31)30-21(3)16-25-13-9-10-14-26(25)30/h6-15,21H,16-18H2,1-5H3/t21-/m1/s1. The summed E-state index contributed by atoms with van der Waals surface area (Å²) in [4.78, 5) is 15.7. The van der Waals surface area contributed by atoms with Crippen molar-refractivity contribution in [2.75, 3.05) is 11.4 Å². The van der Waals surface area contributed by atoms with E-state index >= 15 is 0 Å². The van der Waals surface area contributed by atoms with E-state index in [9.17, 15) is 13.2 Å². The van der Waals surface area contributed by atoms with E-state index in [1.807, 2.05) is 95.3 Å². The SMILES string of the molecule is Cc1cc(C)c(C)c(S(=O)(=O)N(CC(=O)N2c3ccccc3C[C@H]2C)Cc2ccccc2)c1C. The predicted molar refractivity (Wildman–Crippen MR) is 137 cm³/mol. The smallest absolute Gasteiger partial charge is 0.244 e. The summed E-state index contributed by atoms with van der Waals surface area (Å²) in [5.41, 5.74) is 6.14. The Hall–Kier alpha value is -2.96. The van der Waals surface area contributed by atoms with Crippen LogP contribution >= 0.6 is 0 Å². The third kappa shape index (κ3) is 4.40. The van der Waals surface area contributed by atoms with Crippen LogP contribution in [-0.4, -0.2) is 31.2 Å². The molecule has 0 spiro atoms. The molecule has 0 bridgehead atoms. The molecule has 6 heteroatoms. The van der Waals surface area contributed by atoms with E-state index in [1.165, 1.54) is 4.31 Å². The minimum absolute atomic E-state index is 0.0177. The first-order valence-electron chi connectivity index (χ1n) is 11.6. The predicted octanol–water partition coefficient (Wildman–Crippen LogP) is 5.09. The molecule has 1 amide bonds. The molecule has 5 nitrogen and oxygen atoms in total. The van der Waals surface area contributed by atoms with E-state index in [1.54, 1.807) is 4.90 Å². The normalized spacial score (nSPS) is 15.6. The molecule has 1 atom stereocenters. The van der Waals surface area contributed by atoms with Crippen molar-refractivity contribution in [2.45, 2.75) is 58.5 Å². The zero-order valence-corrected chi connectivity index (χ0v) is 21.3. The molecule has 178 valence electrons. The molecular weight excluding hydrogens is 444 g/mol. The summed E-state index contributed by atoms with van der Waals surface area (Å²) in [7, 11) is -3.94. The zero-order chi connectivity index (χ0) is 24.6. The summed E-state index contributed by atoms with van der Waals surface area (Å²) in [5.74, 6) is -0.211. The van der Waals surface area contributed by atoms with Crippen molar-refractivity contribution in [1.82, 2.24) is 4.31 Å². The molecule has 3 aromatic carbocycles. The van der Waals surface area contributed by atoms with Crippen molar-refractivity contribution in [2.24, 2.45) is 0 Å². The van der Waals surface area contributed by atoms with E-state index in [-0.39, 0.29) is 25.0 Å². The lowest BCUT2D eigenvalue weighted by atomic mass is 10.0. The fraction of sp³-hybridized carbons (Fsp3) is 0.321. The fourth-order valence-corrected chi connectivity index (χ4v) is 6.84. The van der Waals surface area contributed by atoms with Crippen LogP contribution < -0.4 is 4.90 Å². The molecule has 3 aromatic rings. The lowest BCUT2D eigenvalue weighted by Gasteiger charge is -2.29. The zero-order valence-electron chi connectivity index (χ0n) is 20.5. The molecule has 0 radical (unpaired) electrons. The molecule has 0 aliphatic carbocycles. The lowest BCUT2D eigenvalue weighted by Crippen LogP contribution is -2.45. The molecule has 1 heterocycles. The summed E-state index contributed by atoms with van der Waals surface area (Å²) in [6.45, 7) is 9.46. The monoisotopic (exact) mass is 476 g/mol. The van der Waals surface area contributed by atoms with E-state index in [4.69, 9.17) is 0 Å². The maximum atomic E-state index is 14.1. The van der Waals surface area contributed by atoms with E-state index in [0.717, 1.165) is 45.5 Å². The number of carbonyl (C=O) groups is 1. The number of hydrogen-bond acceptors (Lipinski definition) is 3. The third-order valence-electron chi connectivity index (χ3n) is 6.88. The first-order chi connectivity index (χ1) is 16.1. The molecule has 1 aliphatic heterocycles. The topological polar surface area (TPSA) is 57.7 Å². The molecule has 0 N–H and O–H groups in total. The van der Waals surface area contributed by atoms with Crippen molar-refractivity contribution in [3.8, 4) is 0 Å². The van der Waals surface area contributed by atoms with Crippen molar-refractivity contribution in [3.63, 3.8) is 0 Å². The van der Waals surface area contributed by atoms with Gasteiger partial charge in [0.2, 0.25) is 15.9 Å². The Labute approximate surface area is 203 Å². The van der Waals surface area contributed by atoms with Gasteiger partial charge >= 0.3 is 0 Å². The largest absolute Gasteiger partial charge is 0.308 e. The fourth-order valence-electron chi connectivity index (χ4n) is 4.88. The van der Waals surface area contributed by atoms with E-state index < -0.39 is 10.0 Å². The Bertz CT molecular complexity index is 1310. The number of carbonyl (C=O) groups excluding carboxylic acids is 1. The molecule has 1 aliphatic rings. The minimum atomic E-state index is -3.94. The number of benzene rings is 3. The number of hydrogen-bond donors (Lipinski definition) is 0. The van der Waals surface area contributed by atoms with Crippen LogP contribution in [0.25, 0.3) is 0 Å². The molecule has 34 heavy (non-hydrogen) atoms. The second-order valence-electron chi connectivity index (χ2n) is 9.29.